The summed E-state index contributed by atoms with van der Waals surface area (Å²) in [4.78, 5) is 20.5. The molecule has 0 saturated carbocycles. The molecular weight excluding hydrogens is 343 g/mol. The van der Waals surface area contributed by atoms with Gasteiger partial charge in [0.25, 0.3) is 5.91 Å². The summed E-state index contributed by atoms with van der Waals surface area (Å²) in [5, 5.41) is 6.23. The Labute approximate surface area is 148 Å². The Morgan fingerprint density at radius 2 is 1.92 bits per heavy atom. The molecule has 0 saturated heterocycles. The van der Waals surface area contributed by atoms with Gasteiger partial charge in [-0.1, -0.05) is 23.7 Å². The molecule has 0 radical (unpaired) electrons. The lowest BCUT2D eigenvalue weighted by Gasteiger charge is -2.09. The zero-order valence-electron chi connectivity index (χ0n) is 13.3. The highest BCUT2D eigenvalue weighted by Gasteiger charge is 2.11. The zero-order chi connectivity index (χ0) is 17.8. The standard InChI is InChI=1S/C18H14ClFN4O/c1-11-14(19)6-3-7-15(11)24-18(25)16-9-22-17(10-21-16)23-13-5-2-4-12(20)8-13/h2-10H,1H3,(H,22,23)(H,24,25). The van der Waals surface area contributed by atoms with Gasteiger partial charge in [0.2, 0.25) is 0 Å². The third kappa shape index (κ3) is 4.10. The maximum Gasteiger partial charge on any atom is 0.275 e. The van der Waals surface area contributed by atoms with Gasteiger partial charge in [0, 0.05) is 16.4 Å². The smallest absolute Gasteiger partial charge is 0.275 e. The van der Waals surface area contributed by atoms with E-state index < -0.39 is 5.91 Å². The van der Waals surface area contributed by atoms with Gasteiger partial charge in [-0.3, -0.25) is 4.79 Å². The minimum absolute atomic E-state index is 0.157. The molecule has 1 aromatic heterocycles. The van der Waals surface area contributed by atoms with Crippen molar-refractivity contribution in [3.05, 3.63) is 77.0 Å². The molecule has 0 atom stereocenters. The molecular formula is C18H14ClFN4O. The van der Waals surface area contributed by atoms with Gasteiger partial charge >= 0.3 is 0 Å². The van der Waals surface area contributed by atoms with Crippen molar-refractivity contribution in [2.45, 2.75) is 6.92 Å². The van der Waals surface area contributed by atoms with Gasteiger partial charge in [-0.25, -0.2) is 14.4 Å². The van der Waals surface area contributed by atoms with Crippen LogP contribution in [-0.2, 0) is 0 Å². The van der Waals surface area contributed by atoms with Crippen molar-refractivity contribution < 1.29 is 9.18 Å². The van der Waals surface area contributed by atoms with Gasteiger partial charge in [-0.2, -0.15) is 0 Å². The summed E-state index contributed by atoms with van der Waals surface area (Å²) in [5.41, 5.74) is 2.08. The van der Waals surface area contributed by atoms with Crippen LogP contribution in [-0.4, -0.2) is 15.9 Å². The van der Waals surface area contributed by atoms with Crippen molar-refractivity contribution in [1.29, 1.82) is 0 Å². The summed E-state index contributed by atoms with van der Waals surface area (Å²) >= 11 is 6.04. The van der Waals surface area contributed by atoms with Crippen molar-refractivity contribution in [3.63, 3.8) is 0 Å². The highest BCUT2D eigenvalue weighted by molar-refractivity contribution is 6.31. The number of nitrogens with one attached hydrogen (secondary N) is 2. The molecule has 1 amide bonds. The predicted molar refractivity (Wildman–Crippen MR) is 95.9 cm³/mol. The number of carbonyl (C=O) groups excluding carboxylic acids is 1. The van der Waals surface area contributed by atoms with Crippen molar-refractivity contribution in [3.8, 4) is 0 Å². The molecule has 0 aliphatic heterocycles. The molecule has 0 aliphatic carbocycles. The lowest BCUT2D eigenvalue weighted by Crippen LogP contribution is -2.15. The van der Waals surface area contributed by atoms with E-state index in [1.165, 1.54) is 24.5 Å². The van der Waals surface area contributed by atoms with Gasteiger partial charge in [-0.15, -0.1) is 0 Å². The van der Waals surface area contributed by atoms with E-state index >= 15 is 0 Å². The summed E-state index contributed by atoms with van der Waals surface area (Å²) in [6, 6.07) is 11.2. The first kappa shape index (κ1) is 16.9. The van der Waals surface area contributed by atoms with Crippen LogP contribution in [0.5, 0.6) is 0 Å². The van der Waals surface area contributed by atoms with Crippen LogP contribution in [0.3, 0.4) is 0 Å². The summed E-state index contributed by atoms with van der Waals surface area (Å²) in [6.45, 7) is 1.82. The molecule has 0 aliphatic rings. The SMILES string of the molecule is Cc1c(Cl)cccc1NC(=O)c1cnc(Nc2cccc(F)c2)cn1. The normalized spacial score (nSPS) is 10.4. The molecule has 2 N–H and O–H groups in total. The fourth-order valence-corrected chi connectivity index (χ4v) is 2.33. The number of benzene rings is 2. The number of carbonyl (C=O) groups is 1. The number of rotatable bonds is 4. The Balaban J connectivity index is 1.71. The van der Waals surface area contributed by atoms with Crippen molar-refractivity contribution >= 4 is 34.7 Å². The average molecular weight is 357 g/mol. The minimum Gasteiger partial charge on any atom is -0.339 e. The number of amides is 1. The fraction of sp³-hybridized carbons (Fsp3) is 0.0556. The monoisotopic (exact) mass is 356 g/mol. The van der Waals surface area contributed by atoms with Crippen molar-refractivity contribution in [1.82, 2.24) is 9.97 Å². The van der Waals surface area contributed by atoms with Crippen LogP contribution in [0.1, 0.15) is 16.1 Å². The summed E-state index contributed by atoms with van der Waals surface area (Å²) in [7, 11) is 0. The third-order valence-corrected chi connectivity index (χ3v) is 3.91. The minimum atomic E-state index is -0.393. The second kappa shape index (κ2) is 7.27. The Bertz CT molecular complexity index is 915. The van der Waals surface area contributed by atoms with E-state index in [1.54, 1.807) is 30.3 Å². The number of hydrogen-bond acceptors (Lipinski definition) is 4. The lowest BCUT2D eigenvalue weighted by molar-refractivity contribution is 0.102. The molecule has 3 aromatic rings. The van der Waals surface area contributed by atoms with E-state index in [2.05, 4.69) is 20.6 Å². The van der Waals surface area contributed by atoms with E-state index in [4.69, 9.17) is 11.6 Å². The fourth-order valence-electron chi connectivity index (χ4n) is 2.15. The molecule has 5 nitrogen and oxygen atoms in total. The quantitative estimate of drug-likeness (QED) is 0.718. The molecule has 3 rings (SSSR count). The van der Waals surface area contributed by atoms with Gasteiger partial charge in [0.05, 0.1) is 12.4 Å². The Morgan fingerprint density at radius 1 is 1.12 bits per heavy atom. The number of halogens is 2. The third-order valence-electron chi connectivity index (χ3n) is 3.50. The van der Waals surface area contributed by atoms with Crippen LogP contribution in [0.25, 0.3) is 0 Å². The predicted octanol–water partition coefficient (Wildman–Crippen LogP) is 4.57. The average Bonchev–Trinajstić information content (AvgIpc) is 2.59. The van der Waals surface area contributed by atoms with Gasteiger partial charge in [-0.05, 0) is 42.8 Å². The number of aromatic nitrogens is 2. The first-order chi connectivity index (χ1) is 12.0. The highest BCUT2D eigenvalue weighted by atomic mass is 35.5. The number of anilines is 3. The van der Waals surface area contributed by atoms with Gasteiger partial charge in [0.15, 0.2) is 0 Å². The van der Waals surface area contributed by atoms with E-state index in [1.807, 2.05) is 6.92 Å². The van der Waals surface area contributed by atoms with Crippen LogP contribution in [0.4, 0.5) is 21.6 Å². The van der Waals surface area contributed by atoms with E-state index in [-0.39, 0.29) is 11.5 Å². The molecule has 25 heavy (non-hydrogen) atoms. The maximum atomic E-state index is 13.2. The largest absolute Gasteiger partial charge is 0.339 e. The summed E-state index contributed by atoms with van der Waals surface area (Å²) in [6.07, 6.45) is 2.75. The number of hydrogen-bond donors (Lipinski definition) is 2. The van der Waals surface area contributed by atoms with Crippen LogP contribution >= 0.6 is 11.6 Å². The molecule has 0 fully saturated rings. The topological polar surface area (TPSA) is 66.9 Å². The molecule has 7 heteroatoms. The van der Waals surface area contributed by atoms with Crippen LogP contribution in [0.2, 0.25) is 5.02 Å². The first-order valence-electron chi connectivity index (χ1n) is 7.44. The maximum absolute atomic E-state index is 13.2. The molecule has 0 bridgehead atoms. The first-order valence-corrected chi connectivity index (χ1v) is 7.82. The van der Waals surface area contributed by atoms with Gasteiger partial charge < -0.3 is 10.6 Å². The second-order valence-corrected chi connectivity index (χ2v) is 5.70. The second-order valence-electron chi connectivity index (χ2n) is 5.29. The van der Waals surface area contributed by atoms with Crippen LogP contribution in [0.15, 0.2) is 54.9 Å². The molecule has 0 spiro atoms. The Morgan fingerprint density at radius 3 is 2.64 bits per heavy atom. The van der Waals surface area contributed by atoms with Crippen molar-refractivity contribution in [2.24, 2.45) is 0 Å². The number of nitrogens with zero attached hydrogens (tertiary/aromatic N) is 2. The molecule has 2 aromatic carbocycles. The molecule has 1 heterocycles. The van der Waals surface area contributed by atoms with Crippen LogP contribution < -0.4 is 10.6 Å². The van der Waals surface area contributed by atoms with E-state index in [0.717, 1.165) is 5.56 Å². The van der Waals surface area contributed by atoms with Crippen LogP contribution in [0, 0.1) is 12.7 Å². The molecule has 0 unspecified atom stereocenters. The Kier molecular flexibility index (Phi) is 4.90. The summed E-state index contributed by atoms with van der Waals surface area (Å²) < 4.78 is 13.2. The summed E-state index contributed by atoms with van der Waals surface area (Å²) in [5.74, 6) is -0.345. The zero-order valence-corrected chi connectivity index (χ0v) is 14.0. The van der Waals surface area contributed by atoms with E-state index in [0.29, 0.717) is 22.2 Å². The Hall–Kier alpha value is -2.99. The van der Waals surface area contributed by atoms with Gasteiger partial charge in [0.1, 0.15) is 17.3 Å². The highest BCUT2D eigenvalue weighted by Crippen LogP contribution is 2.23. The lowest BCUT2D eigenvalue weighted by atomic mass is 10.2. The van der Waals surface area contributed by atoms with E-state index in [9.17, 15) is 9.18 Å². The molecule has 126 valence electrons. The van der Waals surface area contributed by atoms with Crippen molar-refractivity contribution in [2.75, 3.05) is 10.6 Å².